The molecular weight excluding hydrogens is 234 g/mol. The van der Waals surface area contributed by atoms with E-state index < -0.39 is 11.0 Å². The van der Waals surface area contributed by atoms with E-state index in [1.807, 2.05) is 0 Å². The van der Waals surface area contributed by atoms with E-state index in [2.05, 4.69) is 0 Å². The molecule has 0 aromatic heterocycles. The van der Waals surface area contributed by atoms with Crippen LogP contribution in [0.1, 0.15) is 13.3 Å². The van der Waals surface area contributed by atoms with Crippen LogP contribution in [0.15, 0.2) is 18.2 Å². The highest BCUT2D eigenvalue weighted by Crippen LogP contribution is 2.29. The molecule has 16 heavy (non-hydrogen) atoms. The third kappa shape index (κ3) is 3.67. The molecule has 5 nitrogen and oxygen atoms in total. The summed E-state index contributed by atoms with van der Waals surface area (Å²) in [5, 5.41) is 20.1. The summed E-state index contributed by atoms with van der Waals surface area (Å²) in [5.74, 6) is 0.123. The van der Waals surface area contributed by atoms with Gasteiger partial charge in [-0.25, -0.2) is 0 Å². The minimum atomic E-state index is -0.534. The lowest BCUT2D eigenvalue weighted by atomic mass is 10.3. The summed E-state index contributed by atoms with van der Waals surface area (Å²) < 4.78 is 5.20. The summed E-state index contributed by atoms with van der Waals surface area (Å²) in [6.07, 6.45) is -0.0952. The Kier molecular flexibility index (Phi) is 4.52. The van der Waals surface area contributed by atoms with E-state index in [9.17, 15) is 10.1 Å². The first-order valence-electron chi connectivity index (χ1n) is 4.75. The number of hydrogen-bond donors (Lipinski definition) is 1. The van der Waals surface area contributed by atoms with Crippen molar-refractivity contribution in [2.45, 2.75) is 19.4 Å². The second-order valence-electron chi connectivity index (χ2n) is 3.36. The van der Waals surface area contributed by atoms with E-state index in [1.54, 1.807) is 6.92 Å². The largest absolute Gasteiger partial charge is 0.487 e. The zero-order chi connectivity index (χ0) is 12.1. The maximum absolute atomic E-state index is 10.7. The quantitative estimate of drug-likeness (QED) is 0.639. The number of nitro groups is 1. The second kappa shape index (κ2) is 5.67. The monoisotopic (exact) mass is 245 g/mol. The number of hydrogen-bond acceptors (Lipinski definition) is 4. The van der Waals surface area contributed by atoms with Crippen molar-refractivity contribution in [1.29, 1.82) is 0 Å². The van der Waals surface area contributed by atoms with Crippen LogP contribution in [0, 0.1) is 10.1 Å². The SMILES string of the molecule is CC(O)CCOc1cc(Cl)ccc1[N+](=O)[O-]. The standard InChI is InChI=1S/C10H12ClNO4/c1-7(13)4-5-16-10-6-8(11)2-3-9(10)12(14)15/h2-3,6-7,13H,4-5H2,1H3. The van der Waals surface area contributed by atoms with Gasteiger partial charge in [-0.05, 0) is 13.0 Å². The minimum Gasteiger partial charge on any atom is -0.487 e. The average molecular weight is 246 g/mol. The van der Waals surface area contributed by atoms with E-state index in [1.165, 1.54) is 18.2 Å². The Morgan fingerprint density at radius 3 is 2.88 bits per heavy atom. The predicted molar refractivity (Wildman–Crippen MR) is 59.9 cm³/mol. The molecule has 0 bridgehead atoms. The molecule has 6 heteroatoms. The number of nitrogens with zero attached hydrogens (tertiary/aromatic N) is 1. The molecule has 0 radical (unpaired) electrons. The van der Waals surface area contributed by atoms with Gasteiger partial charge in [0.25, 0.3) is 0 Å². The minimum absolute atomic E-state index is 0.123. The van der Waals surface area contributed by atoms with Gasteiger partial charge in [0.1, 0.15) is 0 Å². The van der Waals surface area contributed by atoms with Gasteiger partial charge in [-0.1, -0.05) is 11.6 Å². The highest BCUT2D eigenvalue weighted by atomic mass is 35.5. The van der Waals surface area contributed by atoms with Gasteiger partial charge in [-0.15, -0.1) is 0 Å². The fourth-order valence-corrected chi connectivity index (χ4v) is 1.26. The van der Waals surface area contributed by atoms with E-state index in [0.717, 1.165) is 0 Å². The smallest absolute Gasteiger partial charge is 0.311 e. The van der Waals surface area contributed by atoms with Crippen molar-refractivity contribution in [2.24, 2.45) is 0 Å². The predicted octanol–water partition coefficient (Wildman–Crippen LogP) is 2.40. The van der Waals surface area contributed by atoms with Crippen LogP contribution < -0.4 is 4.74 Å². The van der Waals surface area contributed by atoms with Crippen molar-refractivity contribution < 1.29 is 14.8 Å². The normalized spacial score (nSPS) is 12.2. The van der Waals surface area contributed by atoms with Gasteiger partial charge in [0.05, 0.1) is 17.6 Å². The Balaban J connectivity index is 2.76. The fourth-order valence-electron chi connectivity index (χ4n) is 1.09. The molecule has 1 aromatic carbocycles. The molecule has 88 valence electrons. The first-order valence-corrected chi connectivity index (χ1v) is 5.13. The summed E-state index contributed by atoms with van der Waals surface area (Å²) in [4.78, 5) is 10.1. The maximum Gasteiger partial charge on any atom is 0.311 e. The Labute approximate surface area is 97.8 Å². The molecule has 0 spiro atoms. The van der Waals surface area contributed by atoms with Gasteiger partial charge in [-0.2, -0.15) is 0 Å². The molecule has 0 amide bonds. The van der Waals surface area contributed by atoms with Crippen molar-refractivity contribution in [2.75, 3.05) is 6.61 Å². The van der Waals surface area contributed by atoms with Crippen molar-refractivity contribution >= 4 is 17.3 Å². The zero-order valence-corrected chi connectivity index (χ0v) is 9.48. The summed E-state index contributed by atoms with van der Waals surface area (Å²) >= 11 is 5.71. The number of aliphatic hydroxyl groups excluding tert-OH is 1. The summed E-state index contributed by atoms with van der Waals surface area (Å²) in [6, 6.07) is 4.11. The van der Waals surface area contributed by atoms with Gasteiger partial charge in [-0.3, -0.25) is 10.1 Å². The zero-order valence-electron chi connectivity index (χ0n) is 8.72. The van der Waals surface area contributed by atoms with Crippen LogP contribution in [0.4, 0.5) is 5.69 Å². The van der Waals surface area contributed by atoms with E-state index in [-0.39, 0.29) is 18.0 Å². The summed E-state index contributed by atoms with van der Waals surface area (Å²) in [5.41, 5.74) is -0.130. The first-order chi connectivity index (χ1) is 7.50. The molecule has 1 N–H and O–H groups in total. The molecule has 1 unspecified atom stereocenters. The number of nitro benzene ring substituents is 1. The Morgan fingerprint density at radius 2 is 2.31 bits per heavy atom. The lowest BCUT2D eigenvalue weighted by molar-refractivity contribution is -0.385. The third-order valence-electron chi connectivity index (χ3n) is 1.91. The lowest BCUT2D eigenvalue weighted by Gasteiger charge is -2.08. The number of rotatable bonds is 5. The van der Waals surface area contributed by atoms with Crippen LogP contribution in [0.5, 0.6) is 5.75 Å². The second-order valence-corrected chi connectivity index (χ2v) is 3.79. The molecule has 0 saturated carbocycles. The highest BCUT2D eigenvalue weighted by Gasteiger charge is 2.15. The van der Waals surface area contributed by atoms with E-state index >= 15 is 0 Å². The van der Waals surface area contributed by atoms with Crippen molar-refractivity contribution in [1.82, 2.24) is 0 Å². The number of benzene rings is 1. The first kappa shape index (κ1) is 12.7. The molecule has 1 atom stereocenters. The Hall–Kier alpha value is -1.33. The topological polar surface area (TPSA) is 72.6 Å². The third-order valence-corrected chi connectivity index (χ3v) is 2.15. The Bertz CT molecular complexity index is 381. The van der Waals surface area contributed by atoms with Gasteiger partial charge in [0.2, 0.25) is 0 Å². The molecule has 0 aliphatic carbocycles. The van der Waals surface area contributed by atoms with Crippen LogP contribution in [-0.4, -0.2) is 22.7 Å². The molecule has 0 aliphatic rings. The van der Waals surface area contributed by atoms with Crippen molar-refractivity contribution in [3.05, 3.63) is 33.3 Å². The molecule has 1 rings (SSSR count). The van der Waals surface area contributed by atoms with Gasteiger partial charge >= 0.3 is 5.69 Å². The molecule has 0 aliphatic heterocycles. The van der Waals surface area contributed by atoms with E-state index in [4.69, 9.17) is 21.4 Å². The number of aliphatic hydroxyl groups is 1. The fraction of sp³-hybridized carbons (Fsp3) is 0.400. The van der Waals surface area contributed by atoms with Crippen molar-refractivity contribution in [3.8, 4) is 5.75 Å². The molecular formula is C10H12ClNO4. The van der Waals surface area contributed by atoms with Gasteiger partial charge in [0.15, 0.2) is 5.75 Å². The van der Waals surface area contributed by atoms with Crippen LogP contribution in [0.25, 0.3) is 0 Å². The van der Waals surface area contributed by atoms with Crippen molar-refractivity contribution in [3.63, 3.8) is 0 Å². The molecule has 0 saturated heterocycles. The average Bonchev–Trinajstić information content (AvgIpc) is 2.16. The molecule has 0 fully saturated rings. The van der Waals surface area contributed by atoms with Crippen LogP contribution in [0.2, 0.25) is 5.02 Å². The summed E-state index contributed by atoms with van der Waals surface area (Å²) in [6.45, 7) is 1.83. The number of halogens is 1. The van der Waals surface area contributed by atoms with Gasteiger partial charge in [0, 0.05) is 23.6 Å². The molecule has 0 heterocycles. The summed E-state index contributed by atoms with van der Waals surface area (Å²) in [7, 11) is 0. The maximum atomic E-state index is 10.7. The molecule has 1 aromatic rings. The highest BCUT2D eigenvalue weighted by molar-refractivity contribution is 6.30. The number of ether oxygens (including phenoxy) is 1. The van der Waals surface area contributed by atoms with Crippen LogP contribution in [-0.2, 0) is 0 Å². The van der Waals surface area contributed by atoms with Crippen LogP contribution in [0.3, 0.4) is 0 Å². The lowest BCUT2D eigenvalue weighted by Crippen LogP contribution is -2.08. The van der Waals surface area contributed by atoms with Crippen LogP contribution >= 0.6 is 11.6 Å². The van der Waals surface area contributed by atoms with E-state index in [0.29, 0.717) is 11.4 Å². The van der Waals surface area contributed by atoms with Gasteiger partial charge < -0.3 is 9.84 Å². The Morgan fingerprint density at radius 1 is 1.62 bits per heavy atom.